The Hall–Kier alpha value is -3.15. The predicted molar refractivity (Wildman–Crippen MR) is 81.0 cm³/mol. The fourth-order valence-corrected chi connectivity index (χ4v) is 2.11. The molecule has 0 spiro atoms. The van der Waals surface area contributed by atoms with Gasteiger partial charge in [-0.2, -0.15) is 0 Å². The molecule has 0 aliphatic rings. The Morgan fingerprint density at radius 2 is 1.48 bits per heavy atom. The topological polar surface area (TPSA) is 101 Å². The number of hydrogen-bond acceptors (Lipinski definition) is 4. The molecule has 0 aliphatic heterocycles. The highest BCUT2D eigenvalue weighted by atomic mass is 16.5. The number of carboxylic acids is 2. The van der Waals surface area contributed by atoms with Crippen molar-refractivity contribution in [2.75, 3.05) is 6.61 Å². The highest BCUT2D eigenvalue weighted by molar-refractivity contribution is 6.01. The average Bonchev–Trinajstić information content (AvgIpc) is 2.53. The van der Waals surface area contributed by atoms with Gasteiger partial charge in [0.05, 0.1) is 11.1 Å². The minimum Gasteiger partial charge on any atom is -0.481 e. The molecule has 0 heterocycles. The molecule has 0 saturated heterocycles. The van der Waals surface area contributed by atoms with E-state index in [2.05, 4.69) is 0 Å². The number of carbonyl (C=O) groups excluding carboxylic acids is 1. The van der Waals surface area contributed by atoms with E-state index in [1.54, 1.807) is 30.3 Å². The van der Waals surface area contributed by atoms with Crippen LogP contribution in [0, 0.1) is 0 Å². The second kappa shape index (κ2) is 7.22. The van der Waals surface area contributed by atoms with E-state index >= 15 is 0 Å². The predicted octanol–water partition coefficient (Wildman–Crippen LogP) is 2.27. The molecule has 0 bridgehead atoms. The van der Waals surface area contributed by atoms with E-state index in [4.69, 9.17) is 14.9 Å². The van der Waals surface area contributed by atoms with Crippen LogP contribution in [0.15, 0.2) is 48.5 Å². The fraction of sp³-hybridized carbons (Fsp3) is 0.118. The highest BCUT2D eigenvalue weighted by Gasteiger charge is 2.17. The molecule has 0 aliphatic carbocycles. The van der Waals surface area contributed by atoms with Crippen LogP contribution in [0.2, 0.25) is 0 Å². The quantitative estimate of drug-likeness (QED) is 0.760. The number of benzene rings is 2. The van der Waals surface area contributed by atoms with Gasteiger partial charge in [0.15, 0.2) is 12.4 Å². The maximum atomic E-state index is 12.4. The second-order valence-electron chi connectivity index (χ2n) is 4.74. The van der Waals surface area contributed by atoms with Crippen LogP contribution < -0.4 is 4.74 Å². The summed E-state index contributed by atoms with van der Waals surface area (Å²) in [6.45, 7) is -0.560. The number of aliphatic carboxylic acids is 1. The molecular formula is C17H14O6. The van der Waals surface area contributed by atoms with Crippen molar-refractivity contribution >= 4 is 17.7 Å². The zero-order valence-electron chi connectivity index (χ0n) is 12.1. The van der Waals surface area contributed by atoms with Gasteiger partial charge in [0.25, 0.3) is 0 Å². The van der Waals surface area contributed by atoms with Gasteiger partial charge in [0.1, 0.15) is 5.75 Å². The molecular weight excluding hydrogens is 300 g/mol. The maximum absolute atomic E-state index is 12.4. The van der Waals surface area contributed by atoms with Gasteiger partial charge in [-0.25, -0.2) is 9.59 Å². The summed E-state index contributed by atoms with van der Waals surface area (Å²) in [6.07, 6.45) is -0.115. The first kappa shape index (κ1) is 16.2. The lowest BCUT2D eigenvalue weighted by Crippen LogP contribution is -2.13. The SMILES string of the molecule is O=C(O)COc1ccccc1C(=O)Cc1ccccc1C(=O)O. The van der Waals surface area contributed by atoms with Crippen molar-refractivity contribution in [3.63, 3.8) is 0 Å². The average molecular weight is 314 g/mol. The van der Waals surface area contributed by atoms with Crippen LogP contribution in [0.4, 0.5) is 0 Å². The number of rotatable bonds is 7. The molecule has 0 aromatic heterocycles. The zero-order chi connectivity index (χ0) is 16.8. The van der Waals surface area contributed by atoms with Gasteiger partial charge in [-0.3, -0.25) is 4.79 Å². The minimum atomic E-state index is -1.15. The van der Waals surface area contributed by atoms with Gasteiger partial charge in [0, 0.05) is 6.42 Å². The Morgan fingerprint density at radius 1 is 0.870 bits per heavy atom. The lowest BCUT2D eigenvalue weighted by atomic mass is 9.98. The fourth-order valence-electron chi connectivity index (χ4n) is 2.11. The third-order valence-corrected chi connectivity index (χ3v) is 3.14. The van der Waals surface area contributed by atoms with Crippen molar-refractivity contribution in [1.29, 1.82) is 0 Å². The van der Waals surface area contributed by atoms with Gasteiger partial charge in [-0.15, -0.1) is 0 Å². The molecule has 2 aromatic carbocycles. The second-order valence-corrected chi connectivity index (χ2v) is 4.74. The van der Waals surface area contributed by atoms with Crippen LogP contribution in [-0.2, 0) is 11.2 Å². The Balaban J connectivity index is 2.25. The molecule has 0 unspecified atom stereocenters. The van der Waals surface area contributed by atoms with Crippen molar-refractivity contribution in [2.24, 2.45) is 0 Å². The van der Waals surface area contributed by atoms with E-state index in [-0.39, 0.29) is 29.1 Å². The maximum Gasteiger partial charge on any atom is 0.341 e. The van der Waals surface area contributed by atoms with Gasteiger partial charge in [0.2, 0.25) is 0 Å². The third-order valence-electron chi connectivity index (χ3n) is 3.14. The zero-order valence-corrected chi connectivity index (χ0v) is 12.1. The Morgan fingerprint density at radius 3 is 2.13 bits per heavy atom. The Kier molecular flexibility index (Phi) is 5.09. The lowest BCUT2D eigenvalue weighted by Gasteiger charge is -2.10. The summed E-state index contributed by atoms with van der Waals surface area (Å²) in [7, 11) is 0. The van der Waals surface area contributed by atoms with Crippen LogP contribution in [0.25, 0.3) is 0 Å². The number of aromatic carboxylic acids is 1. The molecule has 2 rings (SSSR count). The summed E-state index contributed by atoms with van der Waals surface area (Å²) in [5, 5.41) is 17.8. The standard InChI is InChI=1S/C17H14O6/c18-14(9-11-5-1-2-6-12(11)17(21)22)13-7-3-4-8-15(13)23-10-16(19)20/h1-8H,9-10H2,(H,19,20)(H,21,22). The van der Waals surface area contributed by atoms with E-state index in [9.17, 15) is 14.4 Å². The van der Waals surface area contributed by atoms with Crippen molar-refractivity contribution in [2.45, 2.75) is 6.42 Å². The van der Waals surface area contributed by atoms with Crippen LogP contribution in [-0.4, -0.2) is 34.5 Å². The smallest absolute Gasteiger partial charge is 0.341 e. The van der Waals surface area contributed by atoms with E-state index in [1.165, 1.54) is 18.2 Å². The first-order valence-corrected chi connectivity index (χ1v) is 6.77. The lowest BCUT2D eigenvalue weighted by molar-refractivity contribution is -0.139. The Bertz CT molecular complexity index is 750. The van der Waals surface area contributed by atoms with Gasteiger partial charge in [-0.05, 0) is 23.8 Å². The van der Waals surface area contributed by atoms with E-state index in [0.717, 1.165) is 0 Å². The normalized spacial score (nSPS) is 10.1. The number of carboxylic acid groups (broad SMARTS) is 2. The summed E-state index contributed by atoms with van der Waals surface area (Å²) >= 11 is 0. The number of para-hydroxylation sites is 1. The summed E-state index contributed by atoms with van der Waals surface area (Å²) in [5.41, 5.74) is 0.664. The largest absolute Gasteiger partial charge is 0.481 e. The first-order chi connectivity index (χ1) is 11.0. The molecule has 0 saturated carbocycles. The first-order valence-electron chi connectivity index (χ1n) is 6.77. The van der Waals surface area contributed by atoms with Crippen molar-refractivity contribution in [3.8, 4) is 5.75 Å². The molecule has 6 nitrogen and oxygen atoms in total. The number of Topliss-reactive ketones (excluding diaryl/α,β-unsaturated/α-hetero) is 1. The molecule has 6 heteroatoms. The van der Waals surface area contributed by atoms with Gasteiger partial charge in [-0.1, -0.05) is 30.3 Å². The molecule has 0 amide bonds. The van der Waals surface area contributed by atoms with Gasteiger partial charge < -0.3 is 14.9 Å². The Labute approximate surface area is 131 Å². The molecule has 118 valence electrons. The van der Waals surface area contributed by atoms with Crippen molar-refractivity contribution in [3.05, 3.63) is 65.2 Å². The van der Waals surface area contributed by atoms with Crippen LogP contribution in [0.1, 0.15) is 26.3 Å². The monoisotopic (exact) mass is 314 g/mol. The number of ether oxygens (including phenoxy) is 1. The molecule has 0 atom stereocenters. The summed E-state index contributed by atoms with van der Waals surface area (Å²) < 4.78 is 5.10. The number of ketones is 1. The third kappa shape index (κ3) is 4.16. The summed E-state index contributed by atoms with van der Waals surface area (Å²) in [5.74, 6) is -2.44. The number of hydrogen-bond donors (Lipinski definition) is 2. The van der Waals surface area contributed by atoms with Gasteiger partial charge >= 0.3 is 11.9 Å². The molecule has 0 fully saturated rings. The molecule has 2 N–H and O–H groups in total. The van der Waals surface area contributed by atoms with Crippen LogP contribution in [0.3, 0.4) is 0 Å². The minimum absolute atomic E-state index is 0.0600. The molecule has 0 radical (unpaired) electrons. The molecule has 2 aromatic rings. The summed E-state index contributed by atoms with van der Waals surface area (Å²) in [6, 6.07) is 12.5. The van der Waals surface area contributed by atoms with Crippen molar-refractivity contribution < 1.29 is 29.3 Å². The van der Waals surface area contributed by atoms with E-state index in [1.807, 2.05) is 0 Å². The highest BCUT2D eigenvalue weighted by Crippen LogP contribution is 2.21. The number of carbonyl (C=O) groups is 3. The van der Waals surface area contributed by atoms with E-state index in [0.29, 0.717) is 5.56 Å². The summed E-state index contributed by atoms with van der Waals surface area (Å²) in [4.78, 5) is 34.2. The van der Waals surface area contributed by atoms with Crippen LogP contribution in [0.5, 0.6) is 5.75 Å². The molecule has 23 heavy (non-hydrogen) atoms. The van der Waals surface area contributed by atoms with Crippen LogP contribution >= 0.6 is 0 Å². The van der Waals surface area contributed by atoms with E-state index < -0.39 is 18.5 Å². The van der Waals surface area contributed by atoms with Crippen molar-refractivity contribution in [1.82, 2.24) is 0 Å².